The smallest absolute Gasteiger partial charge is 0.252 e. The van der Waals surface area contributed by atoms with Gasteiger partial charge in [0.25, 0.3) is 5.91 Å². The predicted octanol–water partition coefficient (Wildman–Crippen LogP) is 2.46. The van der Waals surface area contributed by atoms with E-state index in [1.165, 1.54) is 4.31 Å². The van der Waals surface area contributed by atoms with Gasteiger partial charge >= 0.3 is 0 Å². The van der Waals surface area contributed by atoms with Gasteiger partial charge in [-0.15, -0.1) is 0 Å². The third-order valence-corrected chi connectivity index (χ3v) is 8.16. The quantitative estimate of drug-likeness (QED) is 0.653. The number of rotatable bonds is 8. The van der Waals surface area contributed by atoms with Crippen molar-refractivity contribution in [1.82, 2.24) is 14.9 Å². The fourth-order valence-electron chi connectivity index (χ4n) is 3.64. The molecule has 7 nitrogen and oxygen atoms in total. The second-order valence-corrected chi connectivity index (χ2v) is 10.9. The van der Waals surface area contributed by atoms with E-state index in [0.29, 0.717) is 31.5 Å². The summed E-state index contributed by atoms with van der Waals surface area (Å²) in [5, 5.41) is 5.43. The number of amides is 2. The predicted molar refractivity (Wildman–Crippen MR) is 119 cm³/mol. The van der Waals surface area contributed by atoms with Crippen LogP contribution in [0.4, 0.5) is 0 Å². The van der Waals surface area contributed by atoms with E-state index in [-0.39, 0.29) is 23.8 Å². The van der Waals surface area contributed by atoms with E-state index < -0.39 is 21.3 Å². The van der Waals surface area contributed by atoms with E-state index >= 15 is 0 Å². The van der Waals surface area contributed by atoms with E-state index in [0.717, 1.165) is 12.0 Å². The lowest BCUT2D eigenvalue weighted by atomic mass is 9.89. The molecule has 2 amide bonds. The zero-order valence-electron chi connectivity index (χ0n) is 18.6. The minimum absolute atomic E-state index is 0.00299. The first-order valence-corrected chi connectivity index (χ1v) is 12.2. The molecule has 1 fully saturated rings. The van der Waals surface area contributed by atoms with Gasteiger partial charge in [-0.05, 0) is 64.5 Å². The molecule has 0 saturated carbocycles. The third-order valence-electron chi connectivity index (χ3n) is 5.89. The van der Waals surface area contributed by atoms with E-state index in [9.17, 15) is 18.0 Å². The molecule has 0 aromatic heterocycles. The number of nitrogens with zero attached hydrogens (tertiary/aromatic N) is 1. The van der Waals surface area contributed by atoms with Crippen molar-refractivity contribution in [2.45, 2.75) is 71.2 Å². The van der Waals surface area contributed by atoms with Crippen molar-refractivity contribution in [2.75, 3.05) is 13.1 Å². The molecule has 0 unspecified atom stereocenters. The van der Waals surface area contributed by atoms with E-state index in [4.69, 9.17) is 0 Å². The standard InChI is InChI=1S/C22H35N3O4S/c1-6-17(5)23-22(27)20(24-21(26)19-10-8-7-9-16(19)4)18-11-13-25(14-12-18)30(28,29)15(2)3/h7-10,15,17-18,20H,6,11-14H2,1-5H3,(H,23,27)(H,24,26)/t17-,20-/m1/s1. The van der Waals surface area contributed by atoms with Gasteiger partial charge in [0.2, 0.25) is 15.9 Å². The van der Waals surface area contributed by atoms with Crippen molar-refractivity contribution in [3.63, 3.8) is 0 Å². The van der Waals surface area contributed by atoms with Crippen LogP contribution in [0.3, 0.4) is 0 Å². The highest BCUT2D eigenvalue weighted by atomic mass is 32.2. The summed E-state index contributed by atoms with van der Waals surface area (Å²) < 4.78 is 26.4. The summed E-state index contributed by atoms with van der Waals surface area (Å²) in [7, 11) is -3.32. The molecule has 0 aliphatic carbocycles. The number of carbonyl (C=O) groups is 2. The van der Waals surface area contributed by atoms with Crippen molar-refractivity contribution in [3.8, 4) is 0 Å². The molecule has 8 heteroatoms. The minimum atomic E-state index is -3.32. The Hall–Kier alpha value is -1.93. The number of aryl methyl sites for hydroxylation is 1. The summed E-state index contributed by atoms with van der Waals surface area (Å²) in [4.78, 5) is 25.9. The van der Waals surface area contributed by atoms with Gasteiger partial charge < -0.3 is 10.6 Å². The summed E-state index contributed by atoms with van der Waals surface area (Å²) in [5.41, 5.74) is 1.38. The van der Waals surface area contributed by atoms with Gasteiger partial charge in [-0.3, -0.25) is 9.59 Å². The monoisotopic (exact) mass is 437 g/mol. The van der Waals surface area contributed by atoms with E-state index in [1.54, 1.807) is 26.0 Å². The summed E-state index contributed by atoms with van der Waals surface area (Å²) in [6.07, 6.45) is 1.84. The number of sulfonamides is 1. The summed E-state index contributed by atoms with van der Waals surface area (Å²) in [6, 6.07) is 6.56. The molecule has 1 saturated heterocycles. The molecule has 0 bridgehead atoms. The highest BCUT2D eigenvalue weighted by molar-refractivity contribution is 7.89. The Morgan fingerprint density at radius 3 is 2.23 bits per heavy atom. The molecule has 168 valence electrons. The first kappa shape index (κ1) is 24.3. The van der Waals surface area contributed by atoms with Crippen LogP contribution in [0.1, 0.15) is 62.9 Å². The van der Waals surface area contributed by atoms with Crippen molar-refractivity contribution in [3.05, 3.63) is 35.4 Å². The second kappa shape index (κ2) is 10.4. The van der Waals surface area contributed by atoms with Crippen LogP contribution < -0.4 is 10.6 Å². The van der Waals surface area contributed by atoms with Gasteiger partial charge in [-0.2, -0.15) is 0 Å². The maximum absolute atomic E-state index is 13.0. The van der Waals surface area contributed by atoms with Crippen LogP contribution in [0.25, 0.3) is 0 Å². The molecule has 1 aromatic carbocycles. The van der Waals surface area contributed by atoms with Crippen molar-refractivity contribution in [2.24, 2.45) is 5.92 Å². The Balaban J connectivity index is 2.17. The Labute approximate surface area is 180 Å². The van der Waals surface area contributed by atoms with Gasteiger partial charge in [0.05, 0.1) is 5.25 Å². The fraction of sp³-hybridized carbons (Fsp3) is 0.636. The maximum atomic E-state index is 13.0. The zero-order valence-corrected chi connectivity index (χ0v) is 19.5. The maximum Gasteiger partial charge on any atom is 0.252 e. The van der Waals surface area contributed by atoms with Crippen LogP contribution >= 0.6 is 0 Å². The lowest BCUT2D eigenvalue weighted by Crippen LogP contribution is -2.55. The van der Waals surface area contributed by atoms with Crippen molar-refractivity contribution < 1.29 is 18.0 Å². The molecule has 0 radical (unpaired) electrons. The molecule has 1 heterocycles. The van der Waals surface area contributed by atoms with Gasteiger partial charge in [0.1, 0.15) is 6.04 Å². The van der Waals surface area contributed by atoms with Crippen LogP contribution in [0.15, 0.2) is 24.3 Å². The normalized spacial score (nSPS) is 18.1. The lowest BCUT2D eigenvalue weighted by molar-refractivity contribution is -0.125. The molecule has 1 aliphatic heterocycles. The Morgan fingerprint density at radius 2 is 1.70 bits per heavy atom. The molecule has 2 N–H and O–H groups in total. The first-order valence-electron chi connectivity index (χ1n) is 10.7. The Morgan fingerprint density at radius 1 is 1.10 bits per heavy atom. The number of nitrogens with one attached hydrogen (secondary N) is 2. The average molecular weight is 438 g/mol. The van der Waals surface area contributed by atoms with Crippen LogP contribution in [0, 0.1) is 12.8 Å². The molecule has 1 aromatic rings. The molecular formula is C22H35N3O4S. The molecule has 2 rings (SSSR count). The largest absolute Gasteiger partial charge is 0.352 e. The van der Waals surface area contributed by atoms with E-state index in [1.807, 2.05) is 32.9 Å². The van der Waals surface area contributed by atoms with Crippen LogP contribution in [-0.2, 0) is 14.8 Å². The number of carbonyl (C=O) groups excluding carboxylic acids is 2. The van der Waals surface area contributed by atoms with Gasteiger partial charge in [0.15, 0.2) is 0 Å². The first-order chi connectivity index (χ1) is 14.1. The number of benzene rings is 1. The summed E-state index contributed by atoms with van der Waals surface area (Å²) in [5.74, 6) is -0.619. The zero-order chi connectivity index (χ0) is 22.5. The fourth-order valence-corrected chi connectivity index (χ4v) is 4.96. The molecule has 0 spiro atoms. The highest BCUT2D eigenvalue weighted by Gasteiger charge is 2.37. The second-order valence-electron chi connectivity index (χ2n) is 8.41. The van der Waals surface area contributed by atoms with Crippen molar-refractivity contribution in [1.29, 1.82) is 0 Å². The molecular weight excluding hydrogens is 402 g/mol. The summed E-state index contributed by atoms with van der Waals surface area (Å²) in [6.45, 7) is 9.84. The van der Waals surface area contributed by atoms with Crippen LogP contribution in [0.5, 0.6) is 0 Å². The van der Waals surface area contributed by atoms with Crippen molar-refractivity contribution >= 4 is 21.8 Å². The van der Waals surface area contributed by atoms with Gasteiger partial charge in [0, 0.05) is 24.7 Å². The van der Waals surface area contributed by atoms with Crippen LogP contribution in [-0.4, -0.2) is 55.0 Å². The highest BCUT2D eigenvalue weighted by Crippen LogP contribution is 2.25. The van der Waals surface area contributed by atoms with E-state index in [2.05, 4.69) is 10.6 Å². The lowest BCUT2D eigenvalue weighted by Gasteiger charge is -2.36. The SMILES string of the molecule is CC[C@@H](C)NC(=O)[C@H](NC(=O)c1ccccc1C)C1CCN(S(=O)(=O)C(C)C)CC1. The molecule has 30 heavy (non-hydrogen) atoms. The Kier molecular flexibility index (Phi) is 8.43. The van der Waals surface area contributed by atoms with Crippen LogP contribution in [0.2, 0.25) is 0 Å². The number of hydrogen-bond acceptors (Lipinski definition) is 4. The molecule has 1 aliphatic rings. The van der Waals surface area contributed by atoms with Gasteiger partial charge in [-0.25, -0.2) is 12.7 Å². The minimum Gasteiger partial charge on any atom is -0.352 e. The number of hydrogen-bond donors (Lipinski definition) is 2. The third kappa shape index (κ3) is 5.82. The number of piperidine rings is 1. The Bertz CT molecular complexity index is 846. The topological polar surface area (TPSA) is 95.6 Å². The summed E-state index contributed by atoms with van der Waals surface area (Å²) >= 11 is 0. The van der Waals surface area contributed by atoms with Gasteiger partial charge in [-0.1, -0.05) is 25.1 Å². The molecule has 2 atom stereocenters. The average Bonchev–Trinajstić information content (AvgIpc) is 2.71.